The van der Waals surface area contributed by atoms with Crippen LogP contribution in [-0.4, -0.2) is 28.7 Å². The fourth-order valence-electron chi connectivity index (χ4n) is 2.39. The van der Waals surface area contributed by atoms with E-state index in [-0.39, 0.29) is 0 Å². The summed E-state index contributed by atoms with van der Waals surface area (Å²) in [4.78, 5) is 3.86. The summed E-state index contributed by atoms with van der Waals surface area (Å²) < 4.78 is 39.9. The zero-order valence-electron chi connectivity index (χ0n) is 12.7. The predicted octanol–water partition coefficient (Wildman–Crippen LogP) is 4.21. The minimum absolute atomic E-state index is 0.323. The Bertz CT molecular complexity index is 867. The molecule has 0 spiro atoms. The van der Waals surface area contributed by atoms with Crippen LogP contribution in [0, 0.1) is 0 Å². The minimum Gasteiger partial charge on any atom is -0.294 e. The number of H-pyrrole nitrogens is 1. The Kier molecular flexibility index (Phi) is 4.16. The number of nitrogens with zero attached hydrogens (tertiary/aromatic N) is 3. The van der Waals surface area contributed by atoms with Gasteiger partial charge in [0, 0.05) is 18.8 Å². The van der Waals surface area contributed by atoms with E-state index in [2.05, 4.69) is 20.4 Å². The molecule has 0 unspecified atom stereocenters. The van der Waals surface area contributed by atoms with Crippen LogP contribution in [0.25, 0.3) is 22.4 Å². The van der Waals surface area contributed by atoms with Crippen molar-refractivity contribution in [3.8, 4) is 22.4 Å². The molecule has 0 radical (unpaired) electrons. The Hall–Kier alpha value is -2.96. The molecule has 7 heteroatoms. The minimum atomic E-state index is -4.46. The molecule has 0 aliphatic heterocycles. The maximum atomic E-state index is 13.3. The number of hydrogen-bond donors (Lipinski definition) is 1. The number of halogens is 3. The van der Waals surface area contributed by atoms with Gasteiger partial charge in [-0.25, -0.2) is 0 Å². The summed E-state index contributed by atoms with van der Waals surface area (Å²) in [7, 11) is 1.56. The third-order valence-electron chi connectivity index (χ3n) is 3.47. The van der Waals surface area contributed by atoms with E-state index in [1.807, 2.05) is 6.07 Å². The van der Waals surface area contributed by atoms with E-state index >= 15 is 0 Å². The first-order valence-corrected chi connectivity index (χ1v) is 7.10. The average molecular weight is 330 g/mol. The molecule has 4 nitrogen and oxygen atoms in total. The summed E-state index contributed by atoms with van der Waals surface area (Å²) in [5, 5.41) is 10.2. The highest BCUT2D eigenvalue weighted by Gasteiger charge is 2.31. The molecule has 2 aromatic carbocycles. The molecule has 3 rings (SSSR count). The van der Waals surface area contributed by atoms with E-state index in [1.54, 1.807) is 37.4 Å². The number of alkyl halides is 3. The Morgan fingerprint density at radius 2 is 1.71 bits per heavy atom. The summed E-state index contributed by atoms with van der Waals surface area (Å²) in [6.07, 6.45) is -2.99. The maximum Gasteiger partial charge on any atom is 0.416 e. The predicted molar refractivity (Wildman–Crippen MR) is 85.8 cm³/mol. The maximum absolute atomic E-state index is 13.3. The Morgan fingerprint density at radius 1 is 1.00 bits per heavy atom. The molecule has 122 valence electrons. The molecule has 0 fully saturated rings. The number of rotatable bonds is 3. The van der Waals surface area contributed by atoms with Gasteiger partial charge in [0.1, 0.15) is 11.4 Å². The number of aliphatic imine (C=N–C) groups is 1. The Balaban J connectivity index is 2.21. The molecule has 0 aliphatic carbocycles. The molecular weight excluding hydrogens is 317 g/mol. The first-order valence-electron chi connectivity index (χ1n) is 7.10. The quantitative estimate of drug-likeness (QED) is 0.732. The molecule has 3 aromatic rings. The zero-order chi connectivity index (χ0) is 17.2. The molecule has 0 saturated carbocycles. The lowest BCUT2D eigenvalue weighted by atomic mass is 9.97. The van der Waals surface area contributed by atoms with Crippen LogP contribution < -0.4 is 0 Å². The molecule has 1 N–H and O–H groups in total. The van der Waals surface area contributed by atoms with Gasteiger partial charge in [-0.1, -0.05) is 35.5 Å². The normalized spacial score (nSPS) is 12.0. The zero-order valence-corrected chi connectivity index (χ0v) is 12.7. The summed E-state index contributed by atoms with van der Waals surface area (Å²) in [6, 6.07) is 12.7. The highest BCUT2D eigenvalue weighted by molar-refractivity contribution is 5.87. The van der Waals surface area contributed by atoms with E-state index in [0.29, 0.717) is 28.1 Å². The van der Waals surface area contributed by atoms with Gasteiger partial charge in [0.05, 0.1) is 5.56 Å². The van der Waals surface area contributed by atoms with Crippen molar-refractivity contribution in [2.75, 3.05) is 7.05 Å². The summed E-state index contributed by atoms with van der Waals surface area (Å²) in [5.41, 5.74) is 1.52. The van der Waals surface area contributed by atoms with E-state index in [0.717, 1.165) is 12.1 Å². The number of aromatic nitrogens is 3. The van der Waals surface area contributed by atoms with Crippen LogP contribution in [0.15, 0.2) is 53.5 Å². The fraction of sp³-hybridized carbons (Fsp3) is 0.118. The van der Waals surface area contributed by atoms with Crippen LogP contribution in [0.1, 0.15) is 11.3 Å². The molecule has 0 bridgehead atoms. The van der Waals surface area contributed by atoms with Gasteiger partial charge in [0.15, 0.2) is 0 Å². The first-order chi connectivity index (χ1) is 11.5. The van der Waals surface area contributed by atoms with Crippen LogP contribution in [-0.2, 0) is 6.18 Å². The largest absolute Gasteiger partial charge is 0.416 e. The molecule has 1 heterocycles. The number of aromatic amines is 1. The first kappa shape index (κ1) is 15.9. The SMILES string of the molecule is C/N=C/c1[nH]nnc1-c1cc(-c2ccccc2)cc(C(F)(F)F)c1. The number of benzene rings is 2. The summed E-state index contributed by atoms with van der Waals surface area (Å²) in [5.74, 6) is 0. The lowest BCUT2D eigenvalue weighted by Gasteiger charge is -2.12. The van der Waals surface area contributed by atoms with Crippen molar-refractivity contribution in [2.45, 2.75) is 6.18 Å². The molecule has 0 atom stereocenters. The van der Waals surface area contributed by atoms with Crippen molar-refractivity contribution in [1.29, 1.82) is 0 Å². The Labute approximate surface area is 136 Å². The van der Waals surface area contributed by atoms with Gasteiger partial charge < -0.3 is 0 Å². The van der Waals surface area contributed by atoms with E-state index < -0.39 is 11.7 Å². The van der Waals surface area contributed by atoms with Crippen molar-refractivity contribution >= 4 is 6.21 Å². The second-order valence-electron chi connectivity index (χ2n) is 5.12. The van der Waals surface area contributed by atoms with Gasteiger partial charge in [0.25, 0.3) is 0 Å². The second kappa shape index (κ2) is 6.27. The summed E-state index contributed by atoms with van der Waals surface area (Å²) in [6.45, 7) is 0. The second-order valence-corrected chi connectivity index (χ2v) is 5.12. The number of nitrogens with one attached hydrogen (secondary N) is 1. The van der Waals surface area contributed by atoms with E-state index in [4.69, 9.17) is 0 Å². The fourth-order valence-corrected chi connectivity index (χ4v) is 2.39. The van der Waals surface area contributed by atoms with Gasteiger partial charge >= 0.3 is 6.18 Å². The van der Waals surface area contributed by atoms with Gasteiger partial charge in [-0.15, -0.1) is 5.10 Å². The third-order valence-corrected chi connectivity index (χ3v) is 3.47. The van der Waals surface area contributed by atoms with Gasteiger partial charge in [-0.2, -0.15) is 13.2 Å². The van der Waals surface area contributed by atoms with Gasteiger partial charge in [-0.05, 0) is 29.3 Å². The smallest absolute Gasteiger partial charge is 0.294 e. The van der Waals surface area contributed by atoms with Crippen molar-refractivity contribution in [3.05, 3.63) is 59.8 Å². The van der Waals surface area contributed by atoms with E-state index in [9.17, 15) is 13.2 Å². The lowest BCUT2D eigenvalue weighted by molar-refractivity contribution is -0.137. The van der Waals surface area contributed by atoms with Crippen molar-refractivity contribution in [1.82, 2.24) is 15.4 Å². The topological polar surface area (TPSA) is 53.9 Å². The number of hydrogen-bond acceptors (Lipinski definition) is 3. The highest BCUT2D eigenvalue weighted by atomic mass is 19.4. The van der Waals surface area contributed by atoms with Gasteiger partial charge in [-0.3, -0.25) is 10.1 Å². The van der Waals surface area contributed by atoms with Crippen molar-refractivity contribution < 1.29 is 13.2 Å². The lowest BCUT2D eigenvalue weighted by Crippen LogP contribution is -2.05. The summed E-state index contributed by atoms with van der Waals surface area (Å²) >= 11 is 0. The van der Waals surface area contributed by atoms with Crippen LogP contribution in [0.3, 0.4) is 0 Å². The Morgan fingerprint density at radius 3 is 2.38 bits per heavy atom. The highest BCUT2D eigenvalue weighted by Crippen LogP contribution is 2.36. The third kappa shape index (κ3) is 3.19. The van der Waals surface area contributed by atoms with Crippen LogP contribution in [0.4, 0.5) is 13.2 Å². The van der Waals surface area contributed by atoms with Crippen LogP contribution in [0.5, 0.6) is 0 Å². The van der Waals surface area contributed by atoms with Crippen molar-refractivity contribution in [3.63, 3.8) is 0 Å². The monoisotopic (exact) mass is 330 g/mol. The molecular formula is C17H13F3N4. The molecule has 0 saturated heterocycles. The standard InChI is InChI=1S/C17H13F3N4/c1-21-10-15-16(23-24-22-15)13-7-12(11-5-3-2-4-6-11)8-14(9-13)17(18,19)20/h2-10H,1H3,(H,22,23,24)/b21-10+. The molecule has 0 aliphatic rings. The van der Waals surface area contributed by atoms with Crippen LogP contribution >= 0.6 is 0 Å². The van der Waals surface area contributed by atoms with Gasteiger partial charge in [0.2, 0.25) is 0 Å². The molecule has 24 heavy (non-hydrogen) atoms. The van der Waals surface area contributed by atoms with Crippen molar-refractivity contribution in [2.24, 2.45) is 4.99 Å². The van der Waals surface area contributed by atoms with E-state index in [1.165, 1.54) is 6.21 Å². The molecule has 1 aromatic heterocycles. The molecule has 0 amide bonds. The van der Waals surface area contributed by atoms with Crippen LogP contribution in [0.2, 0.25) is 0 Å². The average Bonchev–Trinajstić information content (AvgIpc) is 3.03.